The zero-order valence-corrected chi connectivity index (χ0v) is 22.7. The van der Waals surface area contributed by atoms with Crippen molar-refractivity contribution in [1.82, 2.24) is 25.9 Å². The Balaban J connectivity index is 1.57. The quantitative estimate of drug-likeness (QED) is 0.153. The van der Waals surface area contributed by atoms with Gasteiger partial charge in [-0.05, 0) is 35.7 Å². The van der Waals surface area contributed by atoms with Crippen LogP contribution in [0.15, 0.2) is 85.1 Å². The molecule has 1 aliphatic rings. The van der Waals surface area contributed by atoms with Crippen LogP contribution in [0.25, 0.3) is 10.9 Å². The van der Waals surface area contributed by atoms with E-state index in [1.54, 1.807) is 30.6 Å². The maximum atomic E-state index is 14.2. The molecule has 0 aliphatic carbocycles. The Morgan fingerprint density at radius 1 is 1.12 bits per heavy atom. The number of nitrogens with zero attached hydrogens (tertiary/aromatic N) is 4. The van der Waals surface area contributed by atoms with Gasteiger partial charge in [0.15, 0.2) is 0 Å². The van der Waals surface area contributed by atoms with Crippen LogP contribution >= 0.6 is 11.6 Å². The molecule has 4 aromatic rings. The third-order valence-corrected chi connectivity index (χ3v) is 7.03. The molecule has 2 atom stereocenters. The molecule has 5 N–H and O–H groups in total. The third kappa shape index (κ3) is 5.85. The highest BCUT2D eigenvalue weighted by Crippen LogP contribution is 2.37. The Morgan fingerprint density at radius 2 is 1.90 bits per heavy atom. The van der Waals surface area contributed by atoms with Crippen molar-refractivity contribution in [3.8, 4) is 6.07 Å². The van der Waals surface area contributed by atoms with Crippen LogP contribution in [0.5, 0.6) is 0 Å². The van der Waals surface area contributed by atoms with Crippen molar-refractivity contribution in [2.45, 2.75) is 31.5 Å². The number of hydrogen-bond donors (Lipinski definition) is 5. The number of alkyl halides is 2. The second-order valence-electron chi connectivity index (χ2n) is 9.41. The largest absolute Gasteiger partial charge is 0.388 e. The van der Waals surface area contributed by atoms with Crippen molar-refractivity contribution < 1.29 is 13.9 Å². The number of hydrogen-bond acceptors (Lipinski definition) is 9. The number of hydrazine groups is 2. The van der Waals surface area contributed by atoms with Crippen LogP contribution < -0.4 is 21.6 Å². The van der Waals surface area contributed by atoms with E-state index in [2.05, 4.69) is 44.6 Å². The standard InChI is InChI=1S/C29H27ClF2N8O/c1-2-24(18-7-4-3-5-8-18)37-26-20(13-33)15-35-28-22(26)11-21(12-23(28)30)36-27(19-9-6-10-34-14-19)25-16-40(39-38-25)29(31,32)17-41/h3-12,14-16,24,27,36,38-39,41H,2,17H2,1H3,(H,35,37)/t24-,27+/m1/s1. The molecular formula is C29H27ClF2N8O. The van der Waals surface area contributed by atoms with E-state index in [4.69, 9.17) is 16.7 Å². The van der Waals surface area contributed by atoms with Gasteiger partial charge in [0.2, 0.25) is 0 Å². The first-order valence-corrected chi connectivity index (χ1v) is 13.2. The van der Waals surface area contributed by atoms with Crippen molar-refractivity contribution >= 4 is 33.9 Å². The van der Waals surface area contributed by atoms with Gasteiger partial charge in [0.25, 0.3) is 0 Å². The Morgan fingerprint density at radius 3 is 2.59 bits per heavy atom. The predicted molar refractivity (Wildman–Crippen MR) is 153 cm³/mol. The molecule has 5 rings (SSSR count). The number of benzene rings is 2. The fourth-order valence-corrected chi connectivity index (χ4v) is 4.91. The van der Waals surface area contributed by atoms with Gasteiger partial charge in [-0.3, -0.25) is 9.97 Å². The minimum absolute atomic E-state index is 0.0782. The fourth-order valence-electron chi connectivity index (χ4n) is 4.65. The molecule has 210 valence electrons. The number of nitrogens with one attached hydrogen (secondary N) is 4. The lowest BCUT2D eigenvalue weighted by atomic mass is 10.0. The SMILES string of the molecule is CC[C@@H](Nc1c(C#N)cnc2c(Cl)cc(N[C@H](C3=CN(C(F)(F)CO)NN3)c3cccnc3)cc12)c1ccccc1. The molecule has 0 amide bonds. The average Bonchev–Trinajstić information content (AvgIpc) is 3.50. The predicted octanol–water partition coefficient (Wildman–Crippen LogP) is 5.62. The molecular weight excluding hydrogens is 550 g/mol. The number of anilines is 2. The summed E-state index contributed by atoms with van der Waals surface area (Å²) in [4.78, 5) is 8.62. The second kappa shape index (κ2) is 11.9. The van der Waals surface area contributed by atoms with E-state index in [1.807, 2.05) is 36.4 Å². The van der Waals surface area contributed by atoms with E-state index in [1.165, 1.54) is 12.4 Å². The zero-order valence-electron chi connectivity index (χ0n) is 21.9. The lowest BCUT2D eigenvalue weighted by Gasteiger charge is -2.24. The first-order valence-electron chi connectivity index (χ1n) is 12.9. The van der Waals surface area contributed by atoms with Gasteiger partial charge in [-0.1, -0.05) is 54.9 Å². The van der Waals surface area contributed by atoms with Crippen molar-refractivity contribution in [3.05, 3.63) is 107 Å². The summed E-state index contributed by atoms with van der Waals surface area (Å²) in [5.74, 6) is 0. The smallest absolute Gasteiger partial charge is 0.362 e. The van der Waals surface area contributed by atoms with Crippen molar-refractivity contribution in [2.75, 3.05) is 17.2 Å². The molecule has 0 saturated heterocycles. The molecule has 12 heteroatoms. The minimum atomic E-state index is -3.53. The summed E-state index contributed by atoms with van der Waals surface area (Å²) in [7, 11) is 0. The molecule has 9 nitrogen and oxygen atoms in total. The summed E-state index contributed by atoms with van der Waals surface area (Å²) in [6.45, 7) is 0.682. The Kier molecular flexibility index (Phi) is 8.16. The summed E-state index contributed by atoms with van der Waals surface area (Å²) in [5.41, 5.74) is 9.23. The maximum Gasteiger partial charge on any atom is 0.362 e. The zero-order chi connectivity index (χ0) is 29.0. The van der Waals surface area contributed by atoms with Gasteiger partial charge in [-0.25, -0.2) is 5.01 Å². The van der Waals surface area contributed by atoms with Gasteiger partial charge in [0.05, 0.1) is 39.6 Å². The van der Waals surface area contributed by atoms with Crippen LogP contribution in [0.1, 0.15) is 42.1 Å². The lowest BCUT2D eigenvalue weighted by molar-refractivity contribution is -0.171. The van der Waals surface area contributed by atoms with Crippen LogP contribution in [0, 0.1) is 11.3 Å². The van der Waals surface area contributed by atoms with Crippen molar-refractivity contribution in [2.24, 2.45) is 0 Å². The molecule has 0 bridgehead atoms. The lowest BCUT2D eigenvalue weighted by Crippen LogP contribution is -2.49. The first kappa shape index (κ1) is 28.0. The summed E-state index contributed by atoms with van der Waals surface area (Å²) < 4.78 is 28.3. The molecule has 2 aromatic carbocycles. The van der Waals surface area contributed by atoms with Crippen LogP contribution in [0.3, 0.4) is 0 Å². The number of pyridine rings is 2. The van der Waals surface area contributed by atoms with E-state index in [-0.39, 0.29) is 6.04 Å². The molecule has 0 unspecified atom stereocenters. The number of aliphatic hydroxyl groups excluding tert-OH is 1. The van der Waals surface area contributed by atoms with Gasteiger partial charge < -0.3 is 21.2 Å². The van der Waals surface area contributed by atoms with Crippen molar-refractivity contribution in [1.29, 1.82) is 5.26 Å². The number of rotatable bonds is 10. The van der Waals surface area contributed by atoms with Gasteiger partial charge in [-0.15, -0.1) is 5.53 Å². The van der Waals surface area contributed by atoms with E-state index in [0.717, 1.165) is 12.0 Å². The minimum Gasteiger partial charge on any atom is -0.388 e. The highest BCUT2D eigenvalue weighted by molar-refractivity contribution is 6.35. The molecule has 41 heavy (non-hydrogen) atoms. The molecule has 0 radical (unpaired) electrons. The highest BCUT2D eigenvalue weighted by Gasteiger charge is 2.38. The van der Waals surface area contributed by atoms with Gasteiger partial charge in [-0.2, -0.15) is 14.0 Å². The second-order valence-corrected chi connectivity index (χ2v) is 9.81. The Bertz CT molecular complexity index is 1600. The van der Waals surface area contributed by atoms with Crippen LogP contribution in [0.2, 0.25) is 5.02 Å². The average molecular weight is 577 g/mol. The number of aromatic nitrogens is 2. The summed E-state index contributed by atoms with van der Waals surface area (Å²) in [5, 5.41) is 27.4. The van der Waals surface area contributed by atoms with E-state index >= 15 is 0 Å². The van der Waals surface area contributed by atoms with Gasteiger partial charge in [0, 0.05) is 35.9 Å². The summed E-state index contributed by atoms with van der Waals surface area (Å²) in [6, 6.07) is 14.9. The first-order chi connectivity index (χ1) is 19.8. The number of nitriles is 1. The molecule has 1 aliphatic heterocycles. The van der Waals surface area contributed by atoms with Crippen LogP contribution in [-0.4, -0.2) is 32.7 Å². The Labute approximate surface area is 240 Å². The summed E-state index contributed by atoms with van der Waals surface area (Å²) in [6.07, 6.45) is 6.66. The van der Waals surface area contributed by atoms with E-state index in [0.29, 0.717) is 49.1 Å². The number of halogens is 3. The molecule has 2 aromatic heterocycles. The van der Waals surface area contributed by atoms with Crippen molar-refractivity contribution in [3.63, 3.8) is 0 Å². The topological polar surface area (TPSA) is 121 Å². The van der Waals surface area contributed by atoms with E-state index < -0.39 is 18.7 Å². The molecule has 0 spiro atoms. The monoisotopic (exact) mass is 576 g/mol. The van der Waals surface area contributed by atoms with E-state index in [9.17, 15) is 14.0 Å². The normalized spacial score (nSPS) is 14.6. The molecule has 0 fully saturated rings. The highest BCUT2D eigenvalue weighted by atomic mass is 35.5. The number of aliphatic hydroxyl groups is 1. The Hall–Kier alpha value is -4.50. The molecule has 0 saturated carbocycles. The molecule has 3 heterocycles. The number of fused-ring (bicyclic) bond motifs is 1. The third-order valence-electron chi connectivity index (χ3n) is 6.75. The fraction of sp³-hybridized carbons (Fsp3) is 0.207. The van der Waals surface area contributed by atoms with Gasteiger partial charge in [0.1, 0.15) is 12.7 Å². The van der Waals surface area contributed by atoms with Crippen LogP contribution in [0.4, 0.5) is 20.2 Å². The maximum absolute atomic E-state index is 14.2. The van der Waals surface area contributed by atoms with Crippen LogP contribution in [-0.2, 0) is 0 Å². The van der Waals surface area contributed by atoms with Gasteiger partial charge >= 0.3 is 6.05 Å². The summed E-state index contributed by atoms with van der Waals surface area (Å²) >= 11 is 6.70.